The van der Waals surface area contributed by atoms with E-state index in [-0.39, 0.29) is 35.7 Å². The summed E-state index contributed by atoms with van der Waals surface area (Å²) in [5.74, 6) is -0.173. The summed E-state index contributed by atoms with van der Waals surface area (Å²) >= 11 is 0. The minimum absolute atomic E-state index is 0.0105. The van der Waals surface area contributed by atoms with Crippen LogP contribution in [-0.4, -0.2) is 41.8 Å². The Morgan fingerprint density at radius 2 is 1.71 bits per heavy atom. The van der Waals surface area contributed by atoms with E-state index in [2.05, 4.69) is 17.6 Å². The lowest BCUT2D eigenvalue weighted by Gasteiger charge is -2.28. The van der Waals surface area contributed by atoms with E-state index in [4.69, 9.17) is 4.74 Å². The molecule has 2 aromatic rings. The maximum atomic E-state index is 13.3. The Kier molecular flexibility index (Phi) is 7.97. The fourth-order valence-corrected chi connectivity index (χ4v) is 4.18. The van der Waals surface area contributed by atoms with Crippen molar-refractivity contribution in [1.29, 1.82) is 0 Å². The van der Waals surface area contributed by atoms with E-state index in [0.29, 0.717) is 17.8 Å². The lowest BCUT2D eigenvalue weighted by Crippen LogP contribution is -2.40. The molecule has 3 rings (SSSR count). The van der Waals surface area contributed by atoms with Gasteiger partial charge in [0.15, 0.2) is 0 Å². The topological polar surface area (TPSA) is 87.7 Å². The number of carbonyl (C=O) groups is 3. The number of carbonyl (C=O) groups excluding carboxylic acids is 3. The van der Waals surface area contributed by atoms with Crippen molar-refractivity contribution in [1.82, 2.24) is 10.2 Å². The zero-order valence-electron chi connectivity index (χ0n) is 20.7. The van der Waals surface area contributed by atoms with Gasteiger partial charge in [-0.3, -0.25) is 14.4 Å². The Morgan fingerprint density at radius 1 is 1.06 bits per heavy atom. The average Bonchev–Trinajstić information content (AvgIpc) is 3.13. The fourth-order valence-electron chi connectivity index (χ4n) is 4.18. The van der Waals surface area contributed by atoms with Crippen molar-refractivity contribution in [3.05, 3.63) is 59.7 Å². The number of benzene rings is 2. The molecule has 1 heterocycles. The van der Waals surface area contributed by atoms with Crippen molar-refractivity contribution >= 4 is 23.4 Å². The average molecular weight is 466 g/mol. The van der Waals surface area contributed by atoms with Crippen molar-refractivity contribution in [3.63, 3.8) is 0 Å². The number of nitrogens with one attached hydrogen (secondary N) is 2. The third-order valence-electron chi connectivity index (χ3n) is 5.88. The highest BCUT2D eigenvalue weighted by Crippen LogP contribution is 2.39. The molecular weight excluding hydrogens is 430 g/mol. The Morgan fingerprint density at radius 3 is 2.26 bits per heavy atom. The lowest BCUT2D eigenvalue weighted by atomic mass is 9.92. The summed E-state index contributed by atoms with van der Waals surface area (Å²) in [6.45, 7) is 8.47. The van der Waals surface area contributed by atoms with Crippen LogP contribution in [0.2, 0.25) is 0 Å². The second-order valence-corrected chi connectivity index (χ2v) is 9.74. The number of amides is 3. The Hall–Kier alpha value is -3.35. The second kappa shape index (κ2) is 10.7. The van der Waals surface area contributed by atoms with Crippen LogP contribution in [0, 0.1) is 5.92 Å². The van der Waals surface area contributed by atoms with Crippen LogP contribution in [-0.2, 0) is 9.59 Å². The number of nitrogens with zero attached hydrogens (tertiary/aromatic N) is 1. The van der Waals surface area contributed by atoms with Gasteiger partial charge in [-0.2, -0.15) is 0 Å². The van der Waals surface area contributed by atoms with Crippen molar-refractivity contribution in [2.45, 2.75) is 58.5 Å². The molecule has 0 bridgehead atoms. The molecule has 0 saturated carbocycles. The van der Waals surface area contributed by atoms with Crippen molar-refractivity contribution in [2.24, 2.45) is 5.92 Å². The molecule has 2 unspecified atom stereocenters. The quantitative estimate of drug-likeness (QED) is 0.599. The van der Waals surface area contributed by atoms with Gasteiger partial charge in [0.05, 0.1) is 19.1 Å². The molecule has 1 aliphatic heterocycles. The first kappa shape index (κ1) is 25.3. The SMILES string of the molecule is CCCCN1C(=O)CC(C(=O)Nc2ccc(C(=O)NC(C)(C)C)cc2)C1c1ccc(OC)cc1. The summed E-state index contributed by atoms with van der Waals surface area (Å²) in [4.78, 5) is 40.3. The van der Waals surface area contributed by atoms with Crippen LogP contribution < -0.4 is 15.4 Å². The summed E-state index contributed by atoms with van der Waals surface area (Å²) in [6, 6.07) is 14.0. The first-order valence-corrected chi connectivity index (χ1v) is 11.8. The highest BCUT2D eigenvalue weighted by atomic mass is 16.5. The van der Waals surface area contributed by atoms with Gasteiger partial charge < -0.3 is 20.3 Å². The predicted molar refractivity (Wildman–Crippen MR) is 133 cm³/mol. The minimum Gasteiger partial charge on any atom is -0.497 e. The van der Waals surface area contributed by atoms with Gasteiger partial charge in [-0.25, -0.2) is 0 Å². The molecule has 182 valence electrons. The van der Waals surface area contributed by atoms with Crippen LogP contribution in [0.5, 0.6) is 5.75 Å². The normalized spacial score (nSPS) is 18.0. The highest BCUT2D eigenvalue weighted by Gasteiger charge is 2.44. The maximum absolute atomic E-state index is 13.3. The largest absolute Gasteiger partial charge is 0.497 e. The van der Waals surface area contributed by atoms with Crippen LogP contribution in [0.4, 0.5) is 5.69 Å². The number of methoxy groups -OCH3 is 1. The van der Waals surface area contributed by atoms with E-state index >= 15 is 0 Å². The third kappa shape index (κ3) is 6.16. The molecule has 7 heteroatoms. The highest BCUT2D eigenvalue weighted by molar-refractivity contribution is 5.99. The molecule has 1 saturated heterocycles. The summed E-state index contributed by atoms with van der Waals surface area (Å²) < 4.78 is 5.26. The zero-order valence-corrected chi connectivity index (χ0v) is 20.7. The van der Waals surface area contributed by atoms with E-state index in [1.807, 2.05) is 49.9 Å². The fraction of sp³-hybridized carbons (Fsp3) is 0.444. The van der Waals surface area contributed by atoms with Gasteiger partial charge >= 0.3 is 0 Å². The molecule has 2 atom stereocenters. The van der Waals surface area contributed by atoms with Crippen molar-refractivity contribution in [3.8, 4) is 5.75 Å². The summed E-state index contributed by atoms with van der Waals surface area (Å²) in [5.41, 5.74) is 1.69. The number of ether oxygens (including phenoxy) is 1. The summed E-state index contributed by atoms with van der Waals surface area (Å²) in [6.07, 6.45) is 2.01. The predicted octanol–water partition coefficient (Wildman–Crippen LogP) is 4.55. The Balaban J connectivity index is 1.78. The number of hydrogen-bond donors (Lipinski definition) is 2. The number of rotatable bonds is 8. The van der Waals surface area contributed by atoms with Gasteiger partial charge in [-0.15, -0.1) is 0 Å². The Bertz CT molecular complexity index is 1010. The van der Waals surface area contributed by atoms with Crippen LogP contribution in [0.1, 0.15) is 68.9 Å². The number of anilines is 1. The van der Waals surface area contributed by atoms with Crippen molar-refractivity contribution < 1.29 is 19.1 Å². The molecule has 0 aromatic heterocycles. The lowest BCUT2D eigenvalue weighted by molar-refractivity contribution is -0.129. The van der Waals surface area contributed by atoms with E-state index in [1.165, 1.54) is 0 Å². The molecule has 34 heavy (non-hydrogen) atoms. The first-order valence-electron chi connectivity index (χ1n) is 11.8. The molecule has 1 fully saturated rings. The Labute approximate surface area is 201 Å². The third-order valence-corrected chi connectivity index (χ3v) is 5.88. The van der Waals surface area contributed by atoms with Gasteiger partial charge in [0, 0.05) is 29.8 Å². The second-order valence-electron chi connectivity index (χ2n) is 9.74. The number of likely N-dealkylation sites (tertiary alicyclic amines) is 1. The zero-order chi connectivity index (χ0) is 24.9. The molecule has 0 aliphatic carbocycles. The molecule has 0 spiro atoms. The van der Waals surface area contributed by atoms with Crippen LogP contribution in [0.3, 0.4) is 0 Å². The summed E-state index contributed by atoms with van der Waals surface area (Å²) in [7, 11) is 1.61. The van der Waals surface area contributed by atoms with Gasteiger partial charge in [0.2, 0.25) is 11.8 Å². The van der Waals surface area contributed by atoms with Crippen molar-refractivity contribution in [2.75, 3.05) is 19.0 Å². The molecular formula is C27H35N3O4. The summed E-state index contributed by atoms with van der Waals surface area (Å²) in [5, 5.41) is 5.86. The van der Waals surface area contributed by atoms with E-state index in [9.17, 15) is 14.4 Å². The molecule has 2 N–H and O–H groups in total. The van der Waals surface area contributed by atoms with E-state index < -0.39 is 5.92 Å². The van der Waals surface area contributed by atoms with Gasteiger partial charge in [-0.1, -0.05) is 25.5 Å². The number of hydrogen-bond acceptors (Lipinski definition) is 4. The minimum atomic E-state index is -0.512. The number of unbranched alkanes of at least 4 members (excludes halogenated alkanes) is 1. The van der Waals surface area contributed by atoms with Crippen LogP contribution in [0.15, 0.2) is 48.5 Å². The molecule has 1 aliphatic rings. The molecule has 2 aromatic carbocycles. The van der Waals surface area contributed by atoms with Gasteiger partial charge in [0.1, 0.15) is 5.75 Å². The van der Waals surface area contributed by atoms with Gasteiger partial charge in [-0.05, 0) is 69.2 Å². The first-order chi connectivity index (χ1) is 16.1. The van der Waals surface area contributed by atoms with Crippen LogP contribution in [0.25, 0.3) is 0 Å². The molecule has 3 amide bonds. The van der Waals surface area contributed by atoms with E-state index in [0.717, 1.165) is 24.2 Å². The maximum Gasteiger partial charge on any atom is 0.251 e. The van der Waals surface area contributed by atoms with Crippen LogP contribution >= 0.6 is 0 Å². The standard InChI is InChI=1S/C27H35N3O4/c1-6-7-16-30-23(31)17-22(24(30)18-10-14-21(34-5)15-11-18)26(33)28-20-12-8-19(9-13-20)25(32)29-27(2,3)4/h8-15,22,24H,6-7,16-17H2,1-5H3,(H,28,33)(H,29,32). The van der Waals surface area contributed by atoms with E-state index in [1.54, 1.807) is 31.4 Å². The molecule has 7 nitrogen and oxygen atoms in total. The smallest absolute Gasteiger partial charge is 0.251 e. The molecule has 0 radical (unpaired) electrons. The monoisotopic (exact) mass is 465 g/mol. The van der Waals surface area contributed by atoms with Gasteiger partial charge in [0.25, 0.3) is 5.91 Å².